The number of carbonyl (C=O) groups excluding carboxylic acids is 2. The molecule has 0 atom stereocenters. The summed E-state index contributed by atoms with van der Waals surface area (Å²) in [5, 5.41) is 0. The van der Waals surface area contributed by atoms with Crippen molar-refractivity contribution in [2.75, 3.05) is 11.9 Å². The Balaban J connectivity index is 2.14. The number of anilines is 1. The lowest BCUT2D eigenvalue weighted by molar-refractivity contribution is -0.127. The first-order valence-corrected chi connectivity index (χ1v) is 6.45. The first-order valence-electron chi connectivity index (χ1n) is 6.45. The molecule has 94 valence electrons. The van der Waals surface area contributed by atoms with Gasteiger partial charge in [0, 0.05) is 25.6 Å². The summed E-state index contributed by atoms with van der Waals surface area (Å²) in [4.78, 5) is 25.8. The molecule has 1 spiro atoms. The molecule has 3 nitrogen and oxygen atoms in total. The number of fused-ring (bicyclic) bond motifs is 2. The molecule has 3 rings (SSSR count). The van der Waals surface area contributed by atoms with E-state index >= 15 is 0 Å². The number of benzene rings is 1. The van der Waals surface area contributed by atoms with Crippen LogP contribution >= 0.6 is 0 Å². The molecule has 1 aliphatic heterocycles. The Bertz CT molecular complexity index is 537. The summed E-state index contributed by atoms with van der Waals surface area (Å²) >= 11 is 0. The van der Waals surface area contributed by atoms with E-state index in [0.717, 1.165) is 11.3 Å². The second kappa shape index (κ2) is 3.67. The van der Waals surface area contributed by atoms with Crippen molar-refractivity contribution in [3.05, 3.63) is 29.3 Å². The third-order valence-corrected chi connectivity index (χ3v) is 4.40. The van der Waals surface area contributed by atoms with Crippen molar-refractivity contribution in [3.63, 3.8) is 0 Å². The molecular weight excluding hydrogens is 226 g/mol. The molecule has 2 aliphatic rings. The first-order chi connectivity index (χ1) is 8.54. The van der Waals surface area contributed by atoms with Crippen LogP contribution in [0.25, 0.3) is 0 Å². The zero-order valence-electron chi connectivity index (χ0n) is 10.8. The zero-order valence-corrected chi connectivity index (χ0v) is 10.8. The minimum Gasteiger partial charge on any atom is -0.314 e. The van der Waals surface area contributed by atoms with Gasteiger partial charge in [0.2, 0.25) is 5.91 Å². The summed E-state index contributed by atoms with van der Waals surface area (Å²) in [6.07, 6.45) is 2.41. The van der Waals surface area contributed by atoms with E-state index in [4.69, 9.17) is 0 Å². The van der Waals surface area contributed by atoms with Gasteiger partial charge in [-0.3, -0.25) is 9.59 Å². The topological polar surface area (TPSA) is 37.4 Å². The molecule has 0 radical (unpaired) electrons. The number of likely N-dealkylation sites (N-methyl/N-ethyl adjacent to an activating group) is 1. The van der Waals surface area contributed by atoms with Gasteiger partial charge in [0.1, 0.15) is 5.78 Å². The van der Waals surface area contributed by atoms with E-state index in [9.17, 15) is 9.59 Å². The lowest BCUT2D eigenvalue weighted by Crippen LogP contribution is -2.41. The molecule has 0 saturated heterocycles. The molecule has 3 heteroatoms. The van der Waals surface area contributed by atoms with E-state index in [0.29, 0.717) is 25.7 Å². The van der Waals surface area contributed by atoms with Crippen molar-refractivity contribution in [2.45, 2.75) is 38.0 Å². The highest BCUT2D eigenvalue weighted by molar-refractivity contribution is 6.08. The molecule has 1 heterocycles. The van der Waals surface area contributed by atoms with Gasteiger partial charge < -0.3 is 4.90 Å². The quantitative estimate of drug-likeness (QED) is 0.701. The molecule has 1 aromatic rings. The average molecular weight is 243 g/mol. The Labute approximate surface area is 107 Å². The van der Waals surface area contributed by atoms with Crippen LogP contribution in [0.2, 0.25) is 0 Å². The van der Waals surface area contributed by atoms with Gasteiger partial charge in [-0.2, -0.15) is 0 Å². The Hall–Kier alpha value is -1.64. The summed E-state index contributed by atoms with van der Waals surface area (Å²) in [6, 6.07) is 6.18. The molecule has 1 saturated carbocycles. The summed E-state index contributed by atoms with van der Waals surface area (Å²) in [5.41, 5.74) is 2.89. The lowest BCUT2D eigenvalue weighted by Gasteiger charge is -2.31. The van der Waals surface area contributed by atoms with Crippen molar-refractivity contribution >= 4 is 17.4 Å². The minimum atomic E-state index is -0.427. The minimum absolute atomic E-state index is 0.163. The van der Waals surface area contributed by atoms with Crippen molar-refractivity contribution in [2.24, 2.45) is 0 Å². The highest BCUT2D eigenvalue weighted by atomic mass is 16.2. The van der Waals surface area contributed by atoms with Crippen LogP contribution < -0.4 is 4.90 Å². The first kappa shape index (κ1) is 11.5. The summed E-state index contributed by atoms with van der Waals surface area (Å²) in [5.74, 6) is 0.452. The third-order valence-electron chi connectivity index (χ3n) is 4.40. The molecule has 1 fully saturated rings. The summed E-state index contributed by atoms with van der Waals surface area (Å²) < 4.78 is 0. The highest BCUT2D eigenvalue weighted by Crippen LogP contribution is 2.49. The maximum absolute atomic E-state index is 12.6. The Morgan fingerprint density at radius 2 is 1.83 bits per heavy atom. The molecule has 0 bridgehead atoms. The molecule has 18 heavy (non-hydrogen) atoms. The number of ketones is 1. The Morgan fingerprint density at radius 3 is 2.50 bits per heavy atom. The maximum atomic E-state index is 12.6. The number of Topliss-reactive ketones (excluding diaryl/α,β-unsaturated/α-hetero) is 1. The smallest absolute Gasteiger partial charge is 0.237 e. The normalized spacial score (nSPS) is 21.6. The number of hydrogen-bond donors (Lipinski definition) is 0. The number of amides is 1. The van der Waals surface area contributed by atoms with Crippen LogP contribution in [0.1, 0.15) is 36.8 Å². The monoisotopic (exact) mass is 243 g/mol. The molecule has 1 aromatic carbocycles. The van der Waals surface area contributed by atoms with Crippen molar-refractivity contribution in [1.29, 1.82) is 0 Å². The van der Waals surface area contributed by atoms with E-state index in [1.807, 2.05) is 26.1 Å². The summed E-state index contributed by atoms with van der Waals surface area (Å²) in [7, 11) is 1.83. The maximum Gasteiger partial charge on any atom is 0.237 e. The summed E-state index contributed by atoms with van der Waals surface area (Å²) in [6.45, 7) is 2.05. The fourth-order valence-electron chi connectivity index (χ4n) is 3.31. The second-order valence-electron chi connectivity index (χ2n) is 5.51. The van der Waals surface area contributed by atoms with Gasteiger partial charge in [-0.15, -0.1) is 0 Å². The van der Waals surface area contributed by atoms with Crippen LogP contribution in [0, 0.1) is 6.92 Å². The van der Waals surface area contributed by atoms with Gasteiger partial charge in [0.05, 0.1) is 5.41 Å². The molecular formula is C15H17NO2. The van der Waals surface area contributed by atoms with E-state index in [2.05, 4.69) is 6.07 Å². The number of carbonyl (C=O) groups is 2. The predicted octanol–water partition coefficient (Wildman–Crippen LogP) is 2.35. The van der Waals surface area contributed by atoms with Gasteiger partial charge in [-0.05, 0) is 31.4 Å². The van der Waals surface area contributed by atoms with Gasteiger partial charge in [0.15, 0.2) is 0 Å². The van der Waals surface area contributed by atoms with Crippen LogP contribution in [0.3, 0.4) is 0 Å². The second-order valence-corrected chi connectivity index (χ2v) is 5.51. The highest BCUT2D eigenvalue weighted by Gasteiger charge is 2.50. The standard InChI is InChI=1S/C15H17NO2/c1-10-3-4-13-12(9-10)15(14(18)16(13)2)7-5-11(17)6-8-15/h3-4,9H,5-8H2,1-2H3. The largest absolute Gasteiger partial charge is 0.314 e. The number of hydrogen-bond acceptors (Lipinski definition) is 2. The lowest BCUT2D eigenvalue weighted by atomic mass is 9.69. The SMILES string of the molecule is Cc1ccc2c(c1)C1(CCC(=O)CC1)C(=O)N2C. The van der Waals surface area contributed by atoms with Crippen LogP contribution in [0.5, 0.6) is 0 Å². The van der Waals surface area contributed by atoms with E-state index in [1.165, 1.54) is 5.56 Å². The number of nitrogens with zero attached hydrogens (tertiary/aromatic N) is 1. The molecule has 1 aliphatic carbocycles. The van der Waals surface area contributed by atoms with Crippen LogP contribution in [-0.4, -0.2) is 18.7 Å². The fraction of sp³-hybridized carbons (Fsp3) is 0.467. The Kier molecular flexibility index (Phi) is 2.34. The van der Waals surface area contributed by atoms with Crippen molar-refractivity contribution in [1.82, 2.24) is 0 Å². The average Bonchev–Trinajstić information content (AvgIpc) is 2.56. The molecule has 0 aromatic heterocycles. The molecule has 0 unspecified atom stereocenters. The Morgan fingerprint density at radius 1 is 1.17 bits per heavy atom. The zero-order chi connectivity index (χ0) is 12.9. The van der Waals surface area contributed by atoms with E-state index in [-0.39, 0.29) is 11.7 Å². The van der Waals surface area contributed by atoms with Crippen molar-refractivity contribution < 1.29 is 9.59 Å². The number of aryl methyl sites for hydroxylation is 1. The van der Waals surface area contributed by atoms with Crippen molar-refractivity contribution in [3.8, 4) is 0 Å². The van der Waals surface area contributed by atoms with E-state index < -0.39 is 5.41 Å². The number of rotatable bonds is 0. The van der Waals surface area contributed by atoms with Gasteiger partial charge in [-0.1, -0.05) is 17.7 Å². The third kappa shape index (κ3) is 1.36. The van der Waals surface area contributed by atoms with Gasteiger partial charge in [-0.25, -0.2) is 0 Å². The van der Waals surface area contributed by atoms with Gasteiger partial charge >= 0.3 is 0 Å². The predicted molar refractivity (Wildman–Crippen MR) is 69.7 cm³/mol. The van der Waals surface area contributed by atoms with Crippen LogP contribution in [0.15, 0.2) is 18.2 Å². The molecule has 1 amide bonds. The van der Waals surface area contributed by atoms with Crippen LogP contribution in [0.4, 0.5) is 5.69 Å². The molecule has 0 N–H and O–H groups in total. The van der Waals surface area contributed by atoms with E-state index in [1.54, 1.807) is 4.90 Å². The fourth-order valence-corrected chi connectivity index (χ4v) is 3.31. The van der Waals surface area contributed by atoms with Gasteiger partial charge in [0.25, 0.3) is 0 Å². The van der Waals surface area contributed by atoms with Crippen LogP contribution in [-0.2, 0) is 15.0 Å².